The van der Waals surface area contributed by atoms with Crippen LogP contribution in [0.25, 0.3) is 0 Å². The number of hydrogen-bond acceptors (Lipinski definition) is 3. The van der Waals surface area contributed by atoms with E-state index >= 15 is 0 Å². The third-order valence-corrected chi connectivity index (χ3v) is 3.14. The molecule has 1 fully saturated rings. The number of hydrogen-bond donors (Lipinski definition) is 3. The van der Waals surface area contributed by atoms with E-state index in [0.29, 0.717) is 24.4 Å². The van der Waals surface area contributed by atoms with E-state index in [-0.39, 0.29) is 23.6 Å². The van der Waals surface area contributed by atoms with E-state index in [1.165, 1.54) is 0 Å². The summed E-state index contributed by atoms with van der Waals surface area (Å²) in [6.07, 6.45) is 0.539. The molecule has 3 N–H and O–H groups in total. The lowest BCUT2D eigenvalue weighted by molar-refractivity contribution is -0.121. The summed E-state index contributed by atoms with van der Waals surface area (Å²) in [7, 11) is 0. The molecule has 0 bridgehead atoms. The summed E-state index contributed by atoms with van der Waals surface area (Å²) in [6.45, 7) is 4.15. The van der Waals surface area contributed by atoms with Crippen molar-refractivity contribution >= 4 is 17.6 Å². The highest BCUT2D eigenvalue weighted by molar-refractivity contribution is 6.00. The van der Waals surface area contributed by atoms with Crippen molar-refractivity contribution in [1.82, 2.24) is 4.98 Å². The van der Waals surface area contributed by atoms with Crippen LogP contribution in [0.15, 0.2) is 6.07 Å². The fraction of sp³-hybridized carbons (Fsp3) is 0.500. The Kier molecular flexibility index (Phi) is 3.38. The molecule has 0 aromatic carbocycles. The summed E-state index contributed by atoms with van der Waals surface area (Å²) < 4.78 is 5.32. The molecule has 6 nitrogen and oxygen atoms in total. The minimum absolute atomic E-state index is 0.00687. The number of carboxylic acids is 1. The second-order valence-corrected chi connectivity index (χ2v) is 4.51. The molecular weight excluding hydrogens is 236 g/mol. The number of anilines is 1. The van der Waals surface area contributed by atoms with E-state index in [1.807, 2.05) is 6.92 Å². The van der Waals surface area contributed by atoms with Gasteiger partial charge in [0.25, 0.3) is 0 Å². The van der Waals surface area contributed by atoms with Gasteiger partial charge in [0.2, 0.25) is 5.91 Å². The summed E-state index contributed by atoms with van der Waals surface area (Å²) in [5.74, 6) is -1.50. The Bertz CT molecular complexity index is 480. The van der Waals surface area contributed by atoms with Crippen LogP contribution in [0.4, 0.5) is 5.69 Å². The number of rotatable bonds is 3. The van der Waals surface area contributed by atoms with E-state index in [1.54, 1.807) is 13.0 Å². The molecule has 1 saturated heterocycles. The van der Waals surface area contributed by atoms with Gasteiger partial charge < -0.3 is 20.1 Å². The third kappa shape index (κ3) is 2.38. The molecule has 2 unspecified atom stereocenters. The van der Waals surface area contributed by atoms with Gasteiger partial charge in [0, 0.05) is 12.3 Å². The van der Waals surface area contributed by atoms with Crippen LogP contribution in [-0.2, 0) is 9.53 Å². The summed E-state index contributed by atoms with van der Waals surface area (Å²) in [4.78, 5) is 25.7. The molecule has 2 atom stereocenters. The standard InChI is InChI=1S/C12H16N2O4/c1-6-5-9(10(13-6)12(16)17)14-11(15)8-3-4-18-7(8)2/h5,7-8,13H,3-4H2,1-2H3,(H,14,15)(H,16,17). The monoisotopic (exact) mass is 252 g/mol. The zero-order valence-corrected chi connectivity index (χ0v) is 10.3. The molecule has 0 radical (unpaired) electrons. The highest BCUT2D eigenvalue weighted by atomic mass is 16.5. The molecule has 0 saturated carbocycles. The summed E-state index contributed by atoms with van der Waals surface area (Å²) >= 11 is 0. The van der Waals surface area contributed by atoms with Crippen LogP contribution in [-0.4, -0.2) is 34.7 Å². The Balaban J connectivity index is 2.14. The summed E-state index contributed by atoms with van der Waals surface area (Å²) in [5, 5.41) is 11.7. The molecule has 1 amide bonds. The number of H-pyrrole nitrogens is 1. The topological polar surface area (TPSA) is 91.4 Å². The molecule has 6 heteroatoms. The molecule has 0 aliphatic carbocycles. The number of carbonyl (C=O) groups excluding carboxylic acids is 1. The summed E-state index contributed by atoms with van der Waals surface area (Å²) in [6, 6.07) is 1.61. The number of aromatic amines is 1. The third-order valence-electron chi connectivity index (χ3n) is 3.14. The maximum atomic E-state index is 12.0. The van der Waals surface area contributed by atoms with Crippen molar-refractivity contribution in [3.05, 3.63) is 17.5 Å². The van der Waals surface area contributed by atoms with Gasteiger partial charge in [-0.2, -0.15) is 0 Å². The van der Waals surface area contributed by atoms with E-state index in [2.05, 4.69) is 10.3 Å². The van der Waals surface area contributed by atoms with Crippen LogP contribution < -0.4 is 5.32 Å². The van der Waals surface area contributed by atoms with Crippen molar-refractivity contribution in [3.63, 3.8) is 0 Å². The van der Waals surface area contributed by atoms with Gasteiger partial charge in [-0.1, -0.05) is 0 Å². The molecule has 1 aliphatic rings. The van der Waals surface area contributed by atoms with Crippen molar-refractivity contribution in [2.24, 2.45) is 5.92 Å². The first kappa shape index (κ1) is 12.6. The number of aromatic nitrogens is 1. The van der Waals surface area contributed by atoms with Gasteiger partial charge in [-0.05, 0) is 26.3 Å². The Hall–Kier alpha value is -1.82. The van der Waals surface area contributed by atoms with Crippen molar-refractivity contribution in [2.75, 3.05) is 11.9 Å². The Morgan fingerprint density at radius 2 is 2.28 bits per heavy atom. The van der Waals surface area contributed by atoms with Gasteiger partial charge >= 0.3 is 5.97 Å². The van der Waals surface area contributed by atoms with Crippen LogP contribution in [0.2, 0.25) is 0 Å². The molecule has 1 aromatic rings. The smallest absolute Gasteiger partial charge is 0.354 e. The number of aryl methyl sites for hydroxylation is 1. The molecular formula is C12H16N2O4. The highest BCUT2D eigenvalue weighted by Gasteiger charge is 2.31. The molecule has 1 aromatic heterocycles. The van der Waals surface area contributed by atoms with Gasteiger partial charge in [-0.15, -0.1) is 0 Å². The number of carbonyl (C=O) groups is 2. The first-order valence-electron chi connectivity index (χ1n) is 5.84. The fourth-order valence-corrected chi connectivity index (χ4v) is 2.16. The normalized spacial score (nSPS) is 23.0. The molecule has 2 heterocycles. The number of aromatic carboxylic acids is 1. The Labute approximate surface area is 104 Å². The predicted molar refractivity (Wildman–Crippen MR) is 64.6 cm³/mol. The van der Waals surface area contributed by atoms with Crippen LogP contribution >= 0.6 is 0 Å². The van der Waals surface area contributed by atoms with E-state index in [0.717, 1.165) is 0 Å². The SMILES string of the molecule is Cc1cc(NC(=O)C2CCOC2C)c(C(=O)O)[nH]1. The zero-order chi connectivity index (χ0) is 13.3. The highest BCUT2D eigenvalue weighted by Crippen LogP contribution is 2.24. The zero-order valence-electron chi connectivity index (χ0n) is 10.3. The van der Waals surface area contributed by atoms with Crippen LogP contribution in [0, 0.1) is 12.8 Å². The second kappa shape index (κ2) is 4.81. The first-order valence-corrected chi connectivity index (χ1v) is 5.84. The maximum Gasteiger partial charge on any atom is 0.354 e. The minimum atomic E-state index is -1.09. The average Bonchev–Trinajstić information content (AvgIpc) is 2.84. The number of ether oxygens (including phenoxy) is 1. The molecule has 2 rings (SSSR count). The number of nitrogens with one attached hydrogen (secondary N) is 2. The van der Waals surface area contributed by atoms with Gasteiger partial charge in [0.05, 0.1) is 17.7 Å². The largest absolute Gasteiger partial charge is 0.477 e. The molecule has 0 spiro atoms. The van der Waals surface area contributed by atoms with Crippen LogP contribution in [0.1, 0.15) is 29.5 Å². The predicted octanol–water partition coefficient (Wildman–Crippen LogP) is 1.38. The summed E-state index contributed by atoms with van der Waals surface area (Å²) in [5.41, 5.74) is 1.01. The minimum Gasteiger partial charge on any atom is -0.477 e. The van der Waals surface area contributed by atoms with Gasteiger partial charge in [0.1, 0.15) is 5.69 Å². The fourth-order valence-electron chi connectivity index (χ4n) is 2.16. The van der Waals surface area contributed by atoms with Crippen molar-refractivity contribution in [1.29, 1.82) is 0 Å². The maximum absolute atomic E-state index is 12.0. The quantitative estimate of drug-likeness (QED) is 0.758. The van der Waals surface area contributed by atoms with Gasteiger partial charge in [-0.25, -0.2) is 4.79 Å². The number of carboxylic acid groups (broad SMARTS) is 1. The van der Waals surface area contributed by atoms with E-state index < -0.39 is 5.97 Å². The Morgan fingerprint density at radius 3 is 2.83 bits per heavy atom. The van der Waals surface area contributed by atoms with Crippen molar-refractivity contribution in [3.8, 4) is 0 Å². The second-order valence-electron chi connectivity index (χ2n) is 4.51. The Morgan fingerprint density at radius 1 is 1.56 bits per heavy atom. The van der Waals surface area contributed by atoms with Crippen molar-refractivity contribution in [2.45, 2.75) is 26.4 Å². The van der Waals surface area contributed by atoms with Crippen LogP contribution in [0.5, 0.6) is 0 Å². The lowest BCUT2D eigenvalue weighted by Gasteiger charge is -2.13. The molecule has 98 valence electrons. The average molecular weight is 252 g/mol. The van der Waals surface area contributed by atoms with E-state index in [4.69, 9.17) is 9.84 Å². The lowest BCUT2D eigenvalue weighted by Crippen LogP contribution is -2.28. The molecule has 18 heavy (non-hydrogen) atoms. The molecule has 1 aliphatic heterocycles. The van der Waals surface area contributed by atoms with Crippen LogP contribution in [0.3, 0.4) is 0 Å². The van der Waals surface area contributed by atoms with E-state index in [9.17, 15) is 9.59 Å². The number of amides is 1. The van der Waals surface area contributed by atoms with Gasteiger partial charge in [-0.3, -0.25) is 4.79 Å². The lowest BCUT2D eigenvalue weighted by atomic mass is 10.0. The first-order chi connectivity index (χ1) is 8.49. The van der Waals surface area contributed by atoms with Crippen molar-refractivity contribution < 1.29 is 19.4 Å². The van der Waals surface area contributed by atoms with Gasteiger partial charge in [0.15, 0.2) is 0 Å².